The summed E-state index contributed by atoms with van der Waals surface area (Å²) < 4.78 is 5.76. The lowest BCUT2D eigenvalue weighted by molar-refractivity contribution is 0.0940. The van der Waals surface area contributed by atoms with Gasteiger partial charge in [-0.25, -0.2) is 0 Å². The third-order valence-electron chi connectivity index (χ3n) is 4.50. The molecular weight excluding hydrogens is 316 g/mol. The highest BCUT2D eigenvalue weighted by Gasteiger charge is 2.20. The first-order valence-corrected chi connectivity index (χ1v) is 8.31. The van der Waals surface area contributed by atoms with Crippen molar-refractivity contribution in [2.24, 2.45) is 5.92 Å². The van der Waals surface area contributed by atoms with Gasteiger partial charge < -0.3 is 15.0 Å². The Morgan fingerprint density at radius 2 is 1.96 bits per heavy atom. The number of rotatable bonds is 3. The number of aromatic amines is 1. The fraction of sp³-hybridized carbons (Fsp3) is 0.200. The van der Waals surface area contributed by atoms with Gasteiger partial charge in [-0.2, -0.15) is 0 Å². The Morgan fingerprint density at radius 1 is 1.16 bits per heavy atom. The molecule has 1 atom stereocenters. The van der Waals surface area contributed by atoms with Gasteiger partial charge in [-0.05, 0) is 24.1 Å². The SMILES string of the molecule is O=C(NCC1COc2ccccc2C1)c1cc(=O)[nH]c2ccccc12. The molecule has 126 valence electrons. The Bertz CT molecular complexity index is 993. The molecule has 0 bridgehead atoms. The predicted molar refractivity (Wildman–Crippen MR) is 96.0 cm³/mol. The van der Waals surface area contributed by atoms with Crippen LogP contribution in [0.5, 0.6) is 5.75 Å². The van der Waals surface area contributed by atoms with Gasteiger partial charge >= 0.3 is 0 Å². The molecule has 2 N–H and O–H groups in total. The first kappa shape index (κ1) is 15.4. The summed E-state index contributed by atoms with van der Waals surface area (Å²) in [5.41, 5.74) is 1.94. The monoisotopic (exact) mass is 334 g/mol. The molecule has 1 aliphatic heterocycles. The summed E-state index contributed by atoms with van der Waals surface area (Å²) in [6.07, 6.45) is 0.868. The van der Waals surface area contributed by atoms with Gasteiger partial charge in [0.25, 0.3) is 5.91 Å². The van der Waals surface area contributed by atoms with Crippen LogP contribution < -0.4 is 15.6 Å². The van der Waals surface area contributed by atoms with E-state index in [2.05, 4.69) is 10.3 Å². The molecule has 0 fully saturated rings. The van der Waals surface area contributed by atoms with Gasteiger partial charge in [0.2, 0.25) is 5.56 Å². The van der Waals surface area contributed by atoms with Crippen molar-refractivity contribution in [3.05, 3.63) is 76.1 Å². The molecule has 4 rings (SSSR count). The minimum Gasteiger partial charge on any atom is -0.493 e. The normalized spacial score (nSPS) is 16.1. The van der Waals surface area contributed by atoms with E-state index < -0.39 is 0 Å². The average molecular weight is 334 g/mol. The minimum absolute atomic E-state index is 0.215. The molecule has 1 aliphatic rings. The highest BCUT2D eigenvalue weighted by molar-refractivity contribution is 6.05. The Morgan fingerprint density at radius 3 is 2.88 bits per heavy atom. The number of hydrogen-bond acceptors (Lipinski definition) is 3. The molecule has 5 nitrogen and oxygen atoms in total. The first-order chi connectivity index (χ1) is 12.2. The van der Waals surface area contributed by atoms with Crippen molar-refractivity contribution >= 4 is 16.8 Å². The molecule has 2 aromatic carbocycles. The number of nitrogens with one attached hydrogen (secondary N) is 2. The number of benzene rings is 2. The van der Waals surface area contributed by atoms with E-state index in [4.69, 9.17) is 4.74 Å². The quantitative estimate of drug-likeness (QED) is 0.773. The number of pyridine rings is 1. The van der Waals surface area contributed by atoms with Crippen molar-refractivity contribution in [3.63, 3.8) is 0 Å². The van der Waals surface area contributed by atoms with Gasteiger partial charge in [0.05, 0.1) is 12.2 Å². The fourth-order valence-electron chi connectivity index (χ4n) is 3.25. The van der Waals surface area contributed by atoms with Crippen molar-refractivity contribution in [3.8, 4) is 5.75 Å². The Labute approximate surface area is 144 Å². The lowest BCUT2D eigenvalue weighted by atomic mass is 9.96. The maximum Gasteiger partial charge on any atom is 0.252 e. The van der Waals surface area contributed by atoms with Crippen molar-refractivity contribution < 1.29 is 9.53 Å². The largest absolute Gasteiger partial charge is 0.493 e. The van der Waals surface area contributed by atoms with Crippen LogP contribution in [0.4, 0.5) is 0 Å². The summed E-state index contributed by atoms with van der Waals surface area (Å²) in [7, 11) is 0. The van der Waals surface area contributed by atoms with E-state index >= 15 is 0 Å². The number of aromatic nitrogens is 1. The molecule has 0 radical (unpaired) electrons. The number of amides is 1. The third-order valence-corrected chi connectivity index (χ3v) is 4.50. The standard InChI is InChI=1S/C20H18N2O3/c23-19-10-16(15-6-2-3-7-17(15)22-19)20(24)21-11-13-9-14-5-1-4-8-18(14)25-12-13/h1-8,10,13H,9,11-12H2,(H,21,24)(H,22,23). The highest BCUT2D eigenvalue weighted by atomic mass is 16.5. The first-order valence-electron chi connectivity index (χ1n) is 8.31. The van der Waals surface area contributed by atoms with Crippen LogP contribution in [0.25, 0.3) is 10.9 Å². The second kappa shape index (κ2) is 6.43. The average Bonchev–Trinajstić information content (AvgIpc) is 2.65. The van der Waals surface area contributed by atoms with Crippen LogP contribution in [0.3, 0.4) is 0 Å². The molecule has 0 saturated carbocycles. The molecule has 0 saturated heterocycles. The molecule has 1 amide bonds. The third kappa shape index (κ3) is 3.13. The predicted octanol–water partition coefficient (Wildman–Crippen LogP) is 2.51. The van der Waals surface area contributed by atoms with Crippen LogP contribution in [0.15, 0.2) is 59.4 Å². The van der Waals surface area contributed by atoms with Gasteiger partial charge in [-0.15, -0.1) is 0 Å². The Balaban J connectivity index is 1.49. The van der Waals surface area contributed by atoms with Crippen LogP contribution >= 0.6 is 0 Å². The zero-order valence-corrected chi connectivity index (χ0v) is 13.6. The van der Waals surface area contributed by atoms with Gasteiger partial charge in [0, 0.05) is 29.4 Å². The lowest BCUT2D eigenvalue weighted by Gasteiger charge is -2.25. The smallest absolute Gasteiger partial charge is 0.252 e. The number of carbonyl (C=O) groups excluding carboxylic acids is 1. The fourth-order valence-corrected chi connectivity index (χ4v) is 3.25. The van der Waals surface area contributed by atoms with E-state index in [0.717, 1.165) is 23.1 Å². The number of para-hydroxylation sites is 2. The number of fused-ring (bicyclic) bond motifs is 2. The maximum atomic E-state index is 12.6. The highest BCUT2D eigenvalue weighted by Crippen LogP contribution is 2.26. The molecule has 1 unspecified atom stereocenters. The van der Waals surface area contributed by atoms with E-state index in [-0.39, 0.29) is 17.4 Å². The Hall–Kier alpha value is -3.08. The lowest BCUT2D eigenvalue weighted by Crippen LogP contribution is -2.35. The molecule has 25 heavy (non-hydrogen) atoms. The zero-order valence-electron chi connectivity index (χ0n) is 13.6. The summed E-state index contributed by atoms with van der Waals surface area (Å²) in [5, 5.41) is 3.69. The zero-order chi connectivity index (χ0) is 17.2. The van der Waals surface area contributed by atoms with Crippen LogP contribution in [0, 0.1) is 5.92 Å². The van der Waals surface area contributed by atoms with Crippen LogP contribution in [0.2, 0.25) is 0 Å². The molecule has 1 aromatic heterocycles. The summed E-state index contributed by atoms with van der Waals surface area (Å²) >= 11 is 0. The second-order valence-corrected chi connectivity index (χ2v) is 6.29. The van der Waals surface area contributed by atoms with E-state index in [1.165, 1.54) is 6.07 Å². The van der Waals surface area contributed by atoms with Gasteiger partial charge in [0.1, 0.15) is 5.75 Å². The molecular formula is C20H18N2O3. The van der Waals surface area contributed by atoms with Crippen LogP contribution in [-0.4, -0.2) is 24.0 Å². The van der Waals surface area contributed by atoms with Crippen molar-refractivity contribution in [2.75, 3.05) is 13.2 Å². The van der Waals surface area contributed by atoms with Crippen LogP contribution in [-0.2, 0) is 6.42 Å². The summed E-state index contributed by atoms with van der Waals surface area (Å²) in [6.45, 7) is 1.09. The van der Waals surface area contributed by atoms with Crippen LogP contribution in [0.1, 0.15) is 15.9 Å². The Kier molecular flexibility index (Phi) is 3.98. The molecule has 5 heteroatoms. The number of carbonyl (C=O) groups is 1. The van der Waals surface area contributed by atoms with Crippen molar-refractivity contribution in [1.82, 2.24) is 10.3 Å². The minimum atomic E-state index is -0.279. The topological polar surface area (TPSA) is 71.2 Å². The summed E-state index contributed by atoms with van der Waals surface area (Å²) in [5.74, 6) is 0.902. The molecule has 0 aliphatic carbocycles. The summed E-state index contributed by atoms with van der Waals surface area (Å²) in [6, 6.07) is 16.6. The summed E-state index contributed by atoms with van der Waals surface area (Å²) in [4.78, 5) is 27.1. The van der Waals surface area contributed by atoms with E-state index in [9.17, 15) is 9.59 Å². The second-order valence-electron chi connectivity index (χ2n) is 6.29. The van der Waals surface area contributed by atoms with Gasteiger partial charge in [-0.3, -0.25) is 9.59 Å². The number of H-pyrrole nitrogens is 1. The molecule has 2 heterocycles. The van der Waals surface area contributed by atoms with Crippen molar-refractivity contribution in [1.29, 1.82) is 0 Å². The maximum absolute atomic E-state index is 12.6. The molecule has 3 aromatic rings. The number of ether oxygens (including phenoxy) is 1. The van der Waals surface area contributed by atoms with E-state index in [1.54, 1.807) is 6.07 Å². The number of hydrogen-bond donors (Lipinski definition) is 2. The van der Waals surface area contributed by atoms with Gasteiger partial charge in [0.15, 0.2) is 0 Å². The van der Waals surface area contributed by atoms with E-state index in [0.29, 0.717) is 24.2 Å². The molecule has 0 spiro atoms. The van der Waals surface area contributed by atoms with Crippen molar-refractivity contribution in [2.45, 2.75) is 6.42 Å². The van der Waals surface area contributed by atoms with Gasteiger partial charge in [-0.1, -0.05) is 36.4 Å². The van der Waals surface area contributed by atoms with E-state index in [1.807, 2.05) is 42.5 Å².